The molecule has 1 aliphatic carbocycles. The van der Waals surface area contributed by atoms with Crippen molar-refractivity contribution in [3.8, 4) is 17.2 Å². The summed E-state index contributed by atoms with van der Waals surface area (Å²) in [7, 11) is 0. The van der Waals surface area contributed by atoms with Gasteiger partial charge in [0.2, 0.25) is 0 Å². The highest BCUT2D eigenvalue weighted by molar-refractivity contribution is 5.92. The monoisotopic (exact) mass is 416 g/mol. The number of furan rings is 1. The standard InChI is InChI=1S/C25H24N2O4/c1-16(2)31-15-25(14-26)22(27-24(29)21-12-7-13-30-21)19-10-5-3-8-17(19)18-9-4-6-11-20(18)23(25)28/h3-13,16,22-23,28H,15H2,1-2H3,(H,27,29)/t22-,23-,25-/m1/s1. The van der Waals surface area contributed by atoms with E-state index in [1.54, 1.807) is 12.1 Å². The molecular weight excluding hydrogens is 392 g/mol. The van der Waals surface area contributed by atoms with E-state index in [-0.39, 0.29) is 18.5 Å². The molecule has 3 atom stereocenters. The van der Waals surface area contributed by atoms with Gasteiger partial charge in [-0.25, -0.2) is 0 Å². The average molecular weight is 416 g/mol. The van der Waals surface area contributed by atoms with Crippen molar-refractivity contribution >= 4 is 5.91 Å². The maximum Gasteiger partial charge on any atom is 0.287 e. The Morgan fingerprint density at radius 3 is 2.39 bits per heavy atom. The molecule has 0 bridgehead atoms. The van der Waals surface area contributed by atoms with Crippen LogP contribution in [0.1, 0.15) is 47.7 Å². The van der Waals surface area contributed by atoms with Crippen molar-refractivity contribution in [3.63, 3.8) is 0 Å². The third-order valence-corrected chi connectivity index (χ3v) is 5.70. The first-order chi connectivity index (χ1) is 15.0. The van der Waals surface area contributed by atoms with Crippen molar-refractivity contribution in [2.45, 2.75) is 32.1 Å². The molecule has 4 rings (SSSR count). The third kappa shape index (κ3) is 3.63. The Hall–Kier alpha value is -3.40. The molecule has 158 valence electrons. The number of benzene rings is 2. The van der Waals surface area contributed by atoms with E-state index >= 15 is 0 Å². The van der Waals surface area contributed by atoms with Crippen molar-refractivity contribution < 1.29 is 19.1 Å². The van der Waals surface area contributed by atoms with Gasteiger partial charge in [0, 0.05) is 0 Å². The zero-order chi connectivity index (χ0) is 22.0. The van der Waals surface area contributed by atoms with Crippen molar-refractivity contribution in [2.24, 2.45) is 5.41 Å². The quantitative estimate of drug-likeness (QED) is 0.643. The van der Waals surface area contributed by atoms with Gasteiger partial charge in [0.25, 0.3) is 5.91 Å². The van der Waals surface area contributed by atoms with Gasteiger partial charge in [0.15, 0.2) is 5.76 Å². The van der Waals surface area contributed by atoms with E-state index < -0.39 is 23.5 Å². The summed E-state index contributed by atoms with van der Waals surface area (Å²) >= 11 is 0. The minimum atomic E-state index is -1.46. The van der Waals surface area contributed by atoms with E-state index in [4.69, 9.17) is 9.15 Å². The Morgan fingerprint density at radius 2 is 1.77 bits per heavy atom. The van der Waals surface area contributed by atoms with Gasteiger partial charge < -0.3 is 19.6 Å². The molecule has 1 heterocycles. The molecule has 0 saturated heterocycles. The zero-order valence-corrected chi connectivity index (χ0v) is 17.4. The molecule has 0 radical (unpaired) electrons. The molecular formula is C25H24N2O4. The SMILES string of the molecule is CC(C)OC[C@@]1(C#N)[C@H](O)c2ccccc2-c2ccccc2[C@H]1NC(=O)c1ccco1. The van der Waals surface area contributed by atoms with Crippen LogP contribution in [0.3, 0.4) is 0 Å². The maximum atomic E-state index is 13.0. The van der Waals surface area contributed by atoms with Crippen LogP contribution in [-0.4, -0.2) is 23.7 Å². The number of hydrogen-bond acceptors (Lipinski definition) is 5. The van der Waals surface area contributed by atoms with Crippen LogP contribution in [0.5, 0.6) is 0 Å². The average Bonchev–Trinajstić information content (AvgIpc) is 3.31. The highest BCUT2D eigenvalue weighted by Gasteiger charge is 2.51. The predicted octanol–water partition coefficient (Wildman–Crippen LogP) is 4.40. The highest BCUT2D eigenvalue weighted by Crippen LogP contribution is 2.52. The van der Waals surface area contributed by atoms with Gasteiger partial charge >= 0.3 is 0 Å². The lowest BCUT2D eigenvalue weighted by molar-refractivity contribution is -0.0502. The van der Waals surface area contributed by atoms with Crippen molar-refractivity contribution in [1.29, 1.82) is 5.26 Å². The fourth-order valence-electron chi connectivity index (χ4n) is 4.13. The Labute approximate surface area is 181 Å². The van der Waals surface area contributed by atoms with Gasteiger partial charge in [-0.15, -0.1) is 0 Å². The van der Waals surface area contributed by atoms with Gasteiger partial charge in [-0.3, -0.25) is 4.79 Å². The van der Waals surface area contributed by atoms with Crippen LogP contribution >= 0.6 is 0 Å². The number of amides is 1. The van der Waals surface area contributed by atoms with Crippen LogP contribution in [0.15, 0.2) is 71.3 Å². The van der Waals surface area contributed by atoms with Crippen LogP contribution in [-0.2, 0) is 4.74 Å². The lowest BCUT2D eigenvalue weighted by Gasteiger charge is -2.38. The number of nitrogens with zero attached hydrogens (tertiary/aromatic N) is 1. The second-order valence-electron chi connectivity index (χ2n) is 7.97. The van der Waals surface area contributed by atoms with Crippen LogP contribution < -0.4 is 5.32 Å². The fourth-order valence-corrected chi connectivity index (χ4v) is 4.13. The molecule has 0 unspecified atom stereocenters. The number of hydrogen-bond donors (Lipinski definition) is 2. The van der Waals surface area contributed by atoms with E-state index in [2.05, 4.69) is 11.4 Å². The molecule has 0 aliphatic heterocycles. The number of nitrogens with one attached hydrogen (secondary N) is 1. The molecule has 6 nitrogen and oxygen atoms in total. The Bertz CT molecular complexity index is 1120. The topological polar surface area (TPSA) is 95.5 Å². The van der Waals surface area contributed by atoms with Crippen LogP contribution in [0.4, 0.5) is 0 Å². The number of nitriles is 1. The summed E-state index contributed by atoms with van der Waals surface area (Å²) in [6.07, 6.45) is 0.0643. The number of aliphatic hydroxyl groups is 1. The number of aliphatic hydroxyl groups excluding tert-OH is 1. The Morgan fingerprint density at radius 1 is 1.13 bits per heavy atom. The van der Waals surface area contributed by atoms with Crippen molar-refractivity contribution in [1.82, 2.24) is 5.32 Å². The van der Waals surface area contributed by atoms with E-state index in [1.165, 1.54) is 6.26 Å². The largest absolute Gasteiger partial charge is 0.459 e. The normalized spacial score (nSPS) is 22.2. The maximum absolute atomic E-state index is 13.0. The number of ether oxygens (including phenoxy) is 1. The van der Waals surface area contributed by atoms with E-state index in [0.717, 1.165) is 16.7 Å². The molecule has 31 heavy (non-hydrogen) atoms. The molecule has 0 saturated carbocycles. The molecule has 2 aromatic carbocycles. The molecule has 2 N–H and O–H groups in total. The third-order valence-electron chi connectivity index (χ3n) is 5.70. The van der Waals surface area contributed by atoms with E-state index in [0.29, 0.717) is 5.56 Å². The second kappa shape index (κ2) is 8.38. The first kappa shape index (κ1) is 20.9. The molecule has 3 aromatic rings. The fraction of sp³-hybridized carbons (Fsp3) is 0.280. The minimum absolute atomic E-state index is 0.0614. The number of fused-ring (bicyclic) bond motifs is 3. The summed E-state index contributed by atoms with van der Waals surface area (Å²) in [6.45, 7) is 3.67. The van der Waals surface area contributed by atoms with Crippen LogP contribution in [0.2, 0.25) is 0 Å². The predicted molar refractivity (Wildman–Crippen MR) is 115 cm³/mol. The van der Waals surface area contributed by atoms with Gasteiger partial charge in [-0.05, 0) is 48.2 Å². The Kier molecular flexibility index (Phi) is 5.64. The number of carbonyl (C=O) groups is 1. The summed E-state index contributed by atoms with van der Waals surface area (Å²) in [4.78, 5) is 13.0. The summed E-state index contributed by atoms with van der Waals surface area (Å²) in [6, 6.07) is 19.7. The summed E-state index contributed by atoms with van der Waals surface area (Å²) < 4.78 is 11.1. The number of rotatable bonds is 5. The molecule has 1 aromatic heterocycles. The van der Waals surface area contributed by atoms with Crippen molar-refractivity contribution in [3.05, 3.63) is 83.8 Å². The molecule has 0 fully saturated rings. The lowest BCUT2D eigenvalue weighted by Crippen LogP contribution is -2.46. The van der Waals surface area contributed by atoms with Gasteiger partial charge in [0.1, 0.15) is 11.5 Å². The van der Waals surface area contributed by atoms with E-state index in [1.807, 2.05) is 62.4 Å². The Balaban J connectivity index is 1.93. The first-order valence-corrected chi connectivity index (χ1v) is 10.2. The molecule has 6 heteroatoms. The highest BCUT2D eigenvalue weighted by atomic mass is 16.5. The van der Waals surface area contributed by atoms with Gasteiger partial charge in [-0.1, -0.05) is 48.5 Å². The minimum Gasteiger partial charge on any atom is -0.459 e. The van der Waals surface area contributed by atoms with E-state index in [9.17, 15) is 15.2 Å². The molecule has 1 aliphatic rings. The molecule has 0 spiro atoms. The summed E-state index contributed by atoms with van der Waals surface area (Å²) in [5, 5.41) is 25.0. The lowest BCUT2D eigenvalue weighted by atomic mass is 9.73. The molecule has 1 amide bonds. The first-order valence-electron chi connectivity index (χ1n) is 10.2. The van der Waals surface area contributed by atoms with Crippen LogP contribution in [0.25, 0.3) is 11.1 Å². The van der Waals surface area contributed by atoms with Gasteiger partial charge in [0.05, 0.1) is 31.1 Å². The zero-order valence-electron chi connectivity index (χ0n) is 17.4. The summed E-state index contributed by atoms with van der Waals surface area (Å²) in [5.41, 5.74) is 1.57. The van der Waals surface area contributed by atoms with Gasteiger partial charge in [-0.2, -0.15) is 5.26 Å². The second-order valence-corrected chi connectivity index (χ2v) is 7.97. The smallest absolute Gasteiger partial charge is 0.287 e. The van der Waals surface area contributed by atoms with Crippen LogP contribution in [0, 0.1) is 16.7 Å². The number of carbonyl (C=O) groups excluding carboxylic acids is 1. The summed E-state index contributed by atoms with van der Waals surface area (Å²) in [5.74, 6) is -0.336. The van der Waals surface area contributed by atoms with Crippen molar-refractivity contribution in [2.75, 3.05) is 6.61 Å².